The zero-order valence-electron chi connectivity index (χ0n) is 8.13. The quantitative estimate of drug-likeness (QED) is 0.511. The molecule has 0 radical (unpaired) electrons. The maximum Gasteiger partial charge on any atom is 0.0762 e. The third-order valence-corrected chi connectivity index (χ3v) is 2.31. The van der Waals surface area contributed by atoms with Crippen molar-refractivity contribution in [2.45, 2.75) is 26.4 Å². The van der Waals surface area contributed by atoms with Crippen LogP contribution in [0.3, 0.4) is 0 Å². The Morgan fingerprint density at radius 2 is 2.38 bits per heavy atom. The molecule has 0 atom stereocenters. The maximum atomic E-state index is 4.43. The molecule has 1 heterocycles. The molecule has 0 saturated carbocycles. The standard InChI is InChI=1S/C9H16IN3/c1-8(2)13-6-3-9(12-13)7-11-5-4-10/h3,6,8,11H,4-5,7H2,1-2H3. The molecule has 1 N–H and O–H groups in total. The number of rotatable bonds is 5. The molecule has 3 nitrogen and oxygen atoms in total. The van der Waals surface area contributed by atoms with Crippen LogP contribution in [0.15, 0.2) is 12.3 Å². The van der Waals surface area contributed by atoms with Gasteiger partial charge in [-0.1, -0.05) is 22.6 Å². The van der Waals surface area contributed by atoms with Crippen molar-refractivity contribution in [1.82, 2.24) is 15.1 Å². The first-order chi connectivity index (χ1) is 6.24. The van der Waals surface area contributed by atoms with Gasteiger partial charge in [0.1, 0.15) is 0 Å². The van der Waals surface area contributed by atoms with Crippen LogP contribution in [-0.2, 0) is 6.54 Å². The van der Waals surface area contributed by atoms with E-state index in [4.69, 9.17) is 0 Å². The second kappa shape index (κ2) is 5.59. The molecule has 0 amide bonds. The molecule has 0 unspecified atom stereocenters. The van der Waals surface area contributed by atoms with Crippen LogP contribution < -0.4 is 5.32 Å². The number of nitrogens with one attached hydrogen (secondary N) is 1. The van der Waals surface area contributed by atoms with Crippen LogP contribution in [0.2, 0.25) is 0 Å². The second-order valence-electron chi connectivity index (χ2n) is 3.25. The van der Waals surface area contributed by atoms with E-state index in [2.05, 4.69) is 52.9 Å². The monoisotopic (exact) mass is 293 g/mol. The lowest BCUT2D eigenvalue weighted by molar-refractivity contribution is 0.523. The van der Waals surface area contributed by atoms with Crippen LogP contribution in [0, 0.1) is 0 Å². The highest BCUT2D eigenvalue weighted by atomic mass is 127. The number of hydrogen-bond donors (Lipinski definition) is 1. The number of aromatic nitrogens is 2. The van der Waals surface area contributed by atoms with Gasteiger partial charge >= 0.3 is 0 Å². The van der Waals surface area contributed by atoms with Crippen LogP contribution in [-0.4, -0.2) is 20.8 Å². The summed E-state index contributed by atoms with van der Waals surface area (Å²) in [6.07, 6.45) is 2.03. The average molecular weight is 293 g/mol. The number of alkyl halides is 1. The summed E-state index contributed by atoms with van der Waals surface area (Å²) in [5.74, 6) is 0. The SMILES string of the molecule is CC(C)n1ccc(CNCCI)n1. The first-order valence-electron chi connectivity index (χ1n) is 4.54. The molecule has 1 aromatic rings. The normalized spacial score (nSPS) is 11.1. The highest BCUT2D eigenvalue weighted by Crippen LogP contribution is 2.03. The van der Waals surface area contributed by atoms with Gasteiger partial charge in [-0.3, -0.25) is 4.68 Å². The Bertz CT molecular complexity index is 245. The average Bonchev–Trinajstić information content (AvgIpc) is 2.53. The van der Waals surface area contributed by atoms with Gasteiger partial charge in [0.25, 0.3) is 0 Å². The van der Waals surface area contributed by atoms with E-state index in [0.29, 0.717) is 6.04 Å². The van der Waals surface area contributed by atoms with E-state index < -0.39 is 0 Å². The Morgan fingerprint density at radius 1 is 1.62 bits per heavy atom. The van der Waals surface area contributed by atoms with Gasteiger partial charge in [0, 0.05) is 29.8 Å². The van der Waals surface area contributed by atoms with E-state index in [1.165, 1.54) is 0 Å². The van der Waals surface area contributed by atoms with E-state index in [0.717, 1.165) is 23.2 Å². The highest BCUT2D eigenvalue weighted by Gasteiger charge is 2.00. The molecule has 13 heavy (non-hydrogen) atoms. The molecule has 4 heteroatoms. The van der Waals surface area contributed by atoms with Gasteiger partial charge in [0.15, 0.2) is 0 Å². The predicted octanol–water partition coefficient (Wildman–Crippen LogP) is 1.99. The van der Waals surface area contributed by atoms with Crippen molar-refractivity contribution < 1.29 is 0 Å². The molecular weight excluding hydrogens is 277 g/mol. The van der Waals surface area contributed by atoms with Crippen molar-refractivity contribution in [3.05, 3.63) is 18.0 Å². The fourth-order valence-corrected chi connectivity index (χ4v) is 1.42. The van der Waals surface area contributed by atoms with E-state index >= 15 is 0 Å². The van der Waals surface area contributed by atoms with E-state index in [1.54, 1.807) is 0 Å². The van der Waals surface area contributed by atoms with Crippen molar-refractivity contribution in [3.63, 3.8) is 0 Å². The number of nitrogens with zero attached hydrogens (tertiary/aromatic N) is 2. The Morgan fingerprint density at radius 3 is 2.92 bits per heavy atom. The minimum atomic E-state index is 0.457. The molecule has 0 fully saturated rings. The predicted molar refractivity (Wildman–Crippen MR) is 63.2 cm³/mol. The van der Waals surface area contributed by atoms with Gasteiger partial charge in [-0.25, -0.2) is 0 Å². The molecule has 0 saturated heterocycles. The molecule has 0 aliphatic rings. The van der Waals surface area contributed by atoms with Gasteiger partial charge in [-0.2, -0.15) is 5.10 Å². The van der Waals surface area contributed by atoms with Crippen LogP contribution in [0.1, 0.15) is 25.6 Å². The molecule has 0 aromatic carbocycles. The first-order valence-corrected chi connectivity index (χ1v) is 6.07. The summed E-state index contributed by atoms with van der Waals surface area (Å²) in [7, 11) is 0. The second-order valence-corrected chi connectivity index (χ2v) is 4.33. The maximum absolute atomic E-state index is 4.43. The van der Waals surface area contributed by atoms with Crippen LogP contribution >= 0.6 is 22.6 Å². The zero-order chi connectivity index (χ0) is 9.68. The van der Waals surface area contributed by atoms with Crippen molar-refractivity contribution in [2.24, 2.45) is 0 Å². The minimum absolute atomic E-state index is 0.457. The topological polar surface area (TPSA) is 29.9 Å². The Kier molecular flexibility index (Phi) is 4.72. The summed E-state index contributed by atoms with van der Waals surface area (Å²) < 4.78 is 3.13. The van der Waals surface area contributed by atoms with E-state index in [1.807, 2.05) is 10.9 Å². The molecule has 0 aliphatic carbocycles. The molecule has 74 valence electrons. The zero-order valence-corrected chi connectivity index (χ0v) is 10.3. The Hall–Kier alpha value is -0.100. The third-order valence-electron chi connectivity index (χ3n) is 1.77. The van der Waals surface area contributed by atoms with Gasteiger partial charge < -0.3 is 5.32 Å². The third kappa shape index (κ3) is 3.64. The van der Waals surface area contributed by atoms with Gasteiger partial charge in [-0.15, -0.1) is 0 Å². The summed E-state index contributed by atoms with van der Waals surface area (Å²) in [6.45, 7) is 6.20. The fraction of sp³-hybridized carbons (Fsp3) is 0.667. The van der Waals surface area contributed by atoms with Crippen molar-refractivity contribution in [2.75, 3.05) is 11.0 Å². The smallest absolute Gasteiger partial charge is 0.0762 e. The number of hydrogen-bond acceptors (Lipinski definition) is 2. The molecule has 0 aliphatic heterocycles. The van der Waals surface area contributed by atoms with Gasteiger partial charge in [0.2, 0.25) is 0 Å². The largest absolute Gasteiger partial charge is 0.310 e. The number of halogens is 1. The summed E-state index contributed by atoms with van der Waals surface area (Å²) in [4.78, 5) is 0. The van der Waals surface area contributed by atoms with Gasteiger partial charge in [-0.05, 0) is 19.9 Å². The fourth-order valence-electron chi connectivity index (χ4n) is 1.04. The summed E-state index contributed by atoms with van der Waals surface area (Å²) in [5, 5.41) is 7.75. The summed E-state index contributed by atoms with van der Waals surface area (Å²) in [5.41, 5.74) is 1.12. The van der Waals surface area contributed by atoms with E-state index in [-0.39, 0.29) is 0 Å². The van der Waals surface area contributed by atoms with Crippen LogP contribution in [0.25, 0.3) is 0 Å². The minimum Gasteiger partial charge on any atom is -0.310 e. The first kappa shape index (κ1) is 11.0. The summed E-state index contributed by atoms with van der Waals surface area (Å²) in [6, 6.07) is 2.53. The lowest BCUT2D eigenvalue weighted by Gasteiger charge is -2.03. The molecular formula is C9H16IN3. The Balaban J connectivity index is 2.40. The highest BCUT2D eigenvalue weighted by molar-refractivity contribution is 14.1. The van der Waals surface area contributed by atoms with Gasteiger partial charge in [0.05, 0.1) is 5.69 Å². The Labute approximate surface area is 93.0 Å². The van der Waals surface area contributed by atoms with Crippen LogP contribution in [0.5, 0.6) is 0 Å². The van der Waals surface area contributed by atoms with Crippen molar-refractivity contribution >= 4 is 22.6 Å². The lowest BCUT2D eigenvalue weighted by atomic mass is 10.4. The lowest BCUT2D eigenvalue weighted by Crippen LogP contribution is -2.16. The molecule has 0 spiro atoms. The van der Waals surface area contributed by atoms with Crippen molar-refractivity contribution in [1.29, 1.82) is 0 Å². The molecule has 0 bridgehead atoms. The summed E-state index contributed by atoms with van der Waals surface area (Å²) >= 11 is 2.36. The van der Waals surface area contributed by atoms with Crippen LogP contribution in [0.4, 0.5) is 0 Å². The van der Waals surface area contributed by atoms with Crippen molar-refractivity contribution in [3.8, 4) is 0 Å². The van der Waals surface area contributed by atoms with E-state index in [9.17, 15) is 0 Å². The molecule has 1 rings (SSSR count). The molecule has 1 aromatic heterocycles.